The Bertz CT molecular complexity index is 446. The topological polar surface area (TPSA) is 23.5 Å². The maximum atomic E-state index is 13.2. The molecule has 0 aliphatic heterocycles. The third-order valence-corrected chi connectivity index (χ3v) is 4.36. The summed E-state index contributed by atoms with van der Waals surface area (Å²) in [6.45, 7) is 6.14. The maximum absolute atomic E-state index is 13.2. The lowest BCUT2D eigenvalue weighted by atomic mass is 9.71. The van der Waals surface area contributed by atoms with Crippen molar-refractivity contribution in [3.63, 3.8) is 0 Å². The van der Waals surface area contributed by atoms with Crippen LogP contribution in [0.5, 0.6) is 0 Å². The largest absolute Gasteiger partial charge is 0.393 e. The zero-order chi connectivity index (χ0) is 14.8. The maximum Gasteiger partial charge on any atom is 0.123 e. The first-order valence-corrected chi connectivity index (χ1v) is 7.47. The molecule has 2 nitrogen and oxygen atoms in total. The predicted octanol–water partition coefficient (Wildman–Crippen LogP) is 3.44. The van der Waals surface area contributed by atoms with Crippen molar-refractivity contribution in [2.24, 2.45) is 11.3 Å². The van der Waals surface area contributed by atoms with E-state index in [0.717, 1.165) is 37.9 Å². The molecule has 0 aromatic heterocycles. The van der Waals surface area contributed by atoms with Crippen molar-refractivity contribution in [2.45, 2.75) is 45.8 Å². The smallest absolute Gasteiger partial charge is 0.123 e. The summed E-state index contributed by atoms with van der Waals surface area (Å²) in [5, 5.41) is 10.2. The lowest BCUT2D eigenvalue weighted by molar-refractivity contribution is 0.00672. The fraction of sp³-hybridized carbons (Fsp3) is 0.647. The van der Waals surface area contributed by atoms with Crippen LogP contribution in [0, 0.1) is 17.2 Å². The van der Waals surface area contributed by atoms with E-state index in [-0.39, 0.29) is 11.9 Å². The van der Waals surface area contributed by atoms with Gasteiger partial charge in [0.05, 0.1) is 6.10 Å². The quantitative estimate of drug-likeness (QED) is 0.912. The second-order valence-corrected chi connectivity index (χ2v) is 7.06. The molecule has 3 heteroatoms. The number of benzene rings is 1. The molecule has 2 atom stereocenters. The molecule has 0 heterocycles. The van der Waals surface area contributed by atoms with Crippen LogP contribution in [0.1, 0.15) is 38.7 Å². The minimum atomic E-state index is -0.196. The lowest BCUT2D eigenvalue weighted by Gasteiger charge is -2.40. The van der Waals surface area contributed by atoms with Crippen LogP contribution >= 0.6 is 0 Å². The second kappa shape index (κ2) is 6.23. The minimum Gasteiger partial charge on any atom is -0.393 e. The summed E-state index contributed by atoms with van der Waals surface area (Å²) in [6.07, 6.45) is 2.85. The standard InChI is InChI=1S/C17H26FNO/c1-17(2)8-7-16(20)14(10-17)12-19(3)11-13-5-4-6-15(18)9-13/h4-6,9,14,16,20H,7-8,10-12H2,1-3H3. The number of hydrogen-bond donors (Lipinski definition) is 1. The van der Waals surface area contributed by atoms with E-state index in [9.17, 15) is 9.50 Å². The van der Waals surface area contributed by atoms with Gasteiger partial charge in [0.2, 0.25) is 0 Å². The Balaban J connectivity index is 1.91. The van der Waals surface area contributed by atoms with E-state index in [1.165, 1.54) is 6.07 Å². The van der Waals surface area contributed by atoms with E-state index in [1.807, 2.05) is 13.1 Å². The number of nitrogens with zero attached hydrogens (tertiary/aromatic N) is 1. The summed E-state index contributed by atoms with van der Waals surface area (Å²) in [4.78, 5) is 2.18. The molecule has 0 radical (unpaired) electrons. The van der Waals surface area contributed by atoms with Gasteiger partial charge in [-0.3, -0.25) is 0 Å². The van der Waals surface area contributed by atoms with Gasteiger partial charge >= 0.3 is 0 Å². The van der Waals surface area contributed by atoms with Crippen molar-refractivity contribution in [1.29, 1.82) is 0 Å². The first kappa shape index (κ1) is 15.5. The summed E-state index contributed by atoms with van der Waals surface area (Å²) >= 11 is 0. The van der Waals surface area contributed by atoms with Crippen LogP contribution in [-0.2, 0) is 6.54 Å². The zero-order valence-corrected chi connectivity index (χ0v) is 12.8. The van der Waals surface area contributed by atoms with Crippen LogP contribution in [0.4, 0.5) is 4.39 Å². The molecule has 0 spiro atoms. The summed E-state index contributed by atoms with van der Waals surface area (Å²) in [7, 11) is 2.04. The average molecular weight is 279 g/mol. The molecule has 2 rings (SSSR count). The van der Waals surface area contributed by atoms with Gasteiger partial charge in [-0.05, 0) is 55.3 Å². The molecule has 20 heavy (non-hydrogen) atoms. The average Bonchev–Trinajstić information content (AvgIpc) is 2.33. The van der Waals surface area contributed by atoms with E-state index in [0.29, 0.717) is 11.3 Å². The van der Waals surface area contributed by atoms with Crippen molar-refractivity contribution >= 4 is 0 Å². The van der Waals surface area contributed by atoms with Gasteiger partial charge in [0.25, 0.3) is 0 Å². The zero-order valence-electron chi connectivity index (χ0n) is 12.8. The Labute approximate surface area is 121 Å². The molecule has 112 valence electrons. The highest BCUT2D eigenvalue weighted by atomic mass is 19.1. The first-order chi connectivity index (χ1) is 9.35. The Kier molecular flexibility index (Phi) is 4.82. The summed E-state index contributed by atoms with van der Waals surface area (Å²) in [5.41, 5.74) is 1.31. The number of rotatable bonds is 4. The highest BCUT2D eigenvalue weighted by Crippen LogP contribution is 2.39. The molecule has 1 fully saturated rings. The van der Waals surface area contributed by atoms with E-state index >= 15 is 0 Å². The van der Waals surface area contributed by atoms with Gasteiger partial charge in [0.1, 0.15) is 5.82 Å². The second-order valence-electron chi connectivity index (χ2n) is 7.06. The third kappa shape index (κ3) is 4.29. The van der Waals surface area contributed by atoms with Crippen LogP contribution in [-0.4, -0.2) is 29.7 Å². The van der Waals surface area contributed by atoms with Crippen molar-refractivity contribution in [2.75, 3.05) is 13.6 Å². The van der Waals surface area contributed by atoms with Gasteiger partial charge in [-0.2, -0.15) is 0 Å². The number of halogens is 1. The monoisotopic (exact) mass is 279 g/mol. The predicted molar refractivity (Wildman–Crippen MR) is 79.9 cm³/mol. The Morgan fingerprint density at radius 3 is 2.85 bits per heavy atom. The van der Waals surface area contributed by atoms with Crippen LogP contribution in [0.2, 0.25) is 0 Å². The van der Waals surface area contributed by atoms with Crippen LogP contribution < -0.4 is 0 Å². The van der Waals surface area contributed by atoms with Crippen LogP contribution in [0.25, 0.3) is 0 Å². The molecular weight excluding hydrogens is 253 g/mol. The van der Waals surface area contributed by atoms with Gasteiger partial charge in [0, 0.05) is 13.1 Å². The van der Waals surface area contributed by atoms with Crippen molar-refractivity contribution in [1.82, 2.24) is 4.90 Å². The molecule has 1 aromatic rings. The van der Waals surface area contributed by atoms with E-state index in [4.69, 9.17) is 0 Å². The normalized spacial score (nSPS) is 25.9. The summed E-state index contributed by atoms with van der Waals surface area (Å²) < 4.78 is 13.2. The molecular formula is C17H26FNO. The van der Waals surface area contributed by atoms with Crippen molar-refractivity contribution < 1.29 is 9.50 Å². The molecule has 1 N–H and O–H groups in total. The Hall–Kier alpha value is -0.930. The number of aliphatic hydroxyl groups excluding tert-OH is 1. The van der Waals surface area contributed by atoms with Gasteiger partial charge in [-0.15, -0.1) is 0 Å². The SMILES string of the molecule is CN(Cc1cccc(F)c1)CC1CC(C)(C)CCC1O. The first-order valence-electron chi connectivity index (χ1n) is 7.47. The summed E-state index contributed by atoms with van der Waals surface area (Å²) in [5.74, 6) is 0.132. The van der Waals surface area contributed by atoms with Crippen LogP contribution in [0.3, 0.4) is 0 Å². The van der Waals surface area contributed by atoms with E-state index in [1.54, 1.807) is 12.1 Å². The molecule has 0 saturated heterocycles. The fourth-order valence-corrected chi connectivity index (χ4v) is 3.32. The highest BCUT2D eigenvalue weighted by Gasteiger charge is 2.34. The van der Waals surface area contributed by atoms with E-state index in [2.05, 4.69) is 18.7 Å². The minimum absolute atomic E-state index is 0.185. The van der Waals surface area contributed by atoms with Crippen molar-refractivity contribution in [3.8, 4) is 0 Å². The van der Waals surface area contributed by atoms with Gasteiger partial charge < -0.3 is 10.0 Å². The molecule has 1 aliphatic rings. The fourth-order valence-electron chi connectivity index (χ4n) is 3.32. The lowest BCUT2D eigenvalue weighted by Crippen LogP contribution is -2.39. The Morgan fingerprint density at radius 1 is 1.40 bits per heavy atom. The summed E-state index contributed by atoms with van der Waals surface area (Å²) in [6, 6.07) is 6.74. The van der Waals surface area contributed by atoms with Crippen molar-refractivity contribution in [3.05, 3.63) is 35.6 Å². The van der Waals surface area contributed by atoms with Gasteiger partial charge in [0.15, 0.2) is 0 Å². The number of aliphatic hydroxyl groups is 1. The van der Waals surface area contributed by atoms with Gasteiger partial charge in [-0.25, -0.2) is 4.39 Å². The molecule has 1 aromatic carbocycles. The molecule has 1 saturated carbocycles. The molecule has 2 unspecified atom stereocenters. The highest BCUT2D eigenvalue weighted by molar-refractivity contribution is 5.16. The van der Waals surface area contributed by atoms with Gasteiger partial charge in [-0.1, -0.05) is 26.0 Å². The number of hydrogen-bond acceptors (Lipinski definition) is 2. The van der Waals surface area contributed by atoms with E-state index < -0.39 is 0 Å². The molecule has 0 bridgehead atoms. The third-order valence-electron chi connectivity index (χ3n) is 4.36. The molecule has 0 amide bonds. The molecule has 1 aliphatic carbocycles. The van der Waals surface area contributed by atoms with Crippen LogP contribution in [0.15, 0.2) is 24.3 Å². The Morgan fingerprint density at radius 2 is 2.15 bits per heavy atom.